The molecule has 0 aliphatic carbocycles. The van der Waals surface area contributed by atoms with Crippen LogP contribution in [-0.4, -0.2) is 19.2 Å². The summed E-state index contributed by atoms with van der Waals surface area (Å²) in [6.45, 7) is 0.327. The Balaban J connectivity index is 2.43. The van der Waals surface area contributed by atoms with Gasteiger partial charge in [0, 0.05) is 11.6 Å². The summed E-state index contributed by atoms with van der Waals surface area (Å²) >= 11 is 0. The molecule has 90 valence electrons. The lowest BCUT2D eigenvalue weighted by Gasteiger charge is -2.06. The van der Waals surface area contributed by atoms with Crippen LogP contribution in [0.1, 0.15) is 5.76 Å². The first-order valence-corrected chi connectivity index (χ1v) is 5.15. The van der Waals surface area contributed by atoms with Crippen molar-refractivity contribution in [2.75, 3.05) is 14.2 Å². The molecular weight excluding hydrogens is 220 g/mol. The van der Waals surface area contributed by atoms with Gasteiger partial charge in [-0.25, -0.2) is 4.98 Å². The smallest absolute Gasteiger partial charge is 0.226 e. The molecule has 2 N–H and O–H groups in total. The minimum atomic E-state index is 0.327. The lowest BCUT2D eigenvalue weighted by Crippen LogP contribution is -1.92. The van der Waals surface area contributed by atoms with E-state index in [9.17, 15) is 0 Å². The van der Waals surface area contributed by atoms with Crippen LogP contribution in [0.15, 0.2) is 28.8 Å². The number of benzene rings is 1. The van der Waals surface area contributed by atoms with Crippen molar-refractivity contribution in [1.29, 1.82) is 0 Å². The number of rotatable bonds is 4. The Morgan fingerprint density at radius 1 is 1.18 bits per heavy atom. The molecule has 0 unspecified atom stereocenters. The van der Waals surface area contributed by atoms with Crippen molar-refractivity contribution in [3.05, 3.63) is 30.2 Å². The Hall–Kier alpha value is -2.01. The Labute approximate surface area is 99.2 Å². The molecule has 5 nitrogen and oxygen atoms in total. The van der Waals surface area contributed by atoms with Gasteiger partial charge in [-0.1, -0.05) is 0 Å². The molecule has 0 aliphatic rings. The molecule has 0 saturated carbocycles. The first-order chi connectivity index (χ1) is 8.26. The average Bonchev–Trinajstić information content (AvgIpc) is 2.86. The van der Waals surface area contributed by atoms with Crippen molar-refractivity contribution in [2.45, 2.75) is 6.54 Å². The van der Waals surface area contributed by atoms with Gasteiger partial charge in [-0.3, -0.25) is 0 Å². The van der Waals surface area contributed by atoms with Crippen LogP contribution in [0.3, 0.4) is 0 Å². The van der Waals surface area contributed by atoms with Gasteiger partial charge < -0.3 is 19.6 Å². The van der Waals surface area contributed by atoms with Crippen molar-refractivity contribution < 1.29 is 13.9 Å². The molecule has 5 heteroatoms. The van der Waals surface area contributed by atoms with Crippen molar-refractivity contribution in [2.24, 2.45) is 5.73 Å². The van der Waals surface area contributed by atoms with E-state index < -0.39 is 0 Å². The number of nitrogens with zero attached hydrogens (tertiary/aromatic N) is 1. The number of nitrogens with two attached hydrogens (primary N) is 1. The third kappa shape index (κ3) is 2.39. The normalized spacial score (nSPS) is 10.3. The molecule has 0 bridgehead atoms. The van der Waals surface area contributed by atoms with Crippen LogP contribution in [0.2, 0.25) is 0 Å². The number of aromatic nitrogens is 1. The fourth-order valence-electron chi connectivity index (χ4n) is 1.47. The largest absolute Gasteiger partial charge is 0.497 e. The molecule has 0 fully saturated rings. The Morgan fingerprint density at radius 3 is 2.29 bits per heavy atom. The molecule has 0 amide bonds. The van der Waals surface area contributed by atoms with Crippen molar-refractivity contribution in [3.63, 3.8) is 0 Å². The van der Waals surface area contributed by atoms with Crippen LogP contribution in [0, 0.1) is 0 Å². The maximum atomic E-state index is 5.47. The fourth-order valence-corrected chi connectivity index (χ4v) is 1.47. The summed E-state index contributed by atoms with van der Waals surface area (Å²) in [4.78, 5) is 4.15. The van der Waals surface area contributed by atoms with Crippen LogP contribution in [0.25, 0.3) is 11.5 Å². The quantitative estimate of drug-likeness (QED) is 0.873. The molecule has 2 rings (SSSR count). The van der Waals surface area contributed by atoms with E-state index in [1.54, 1.807) is 26.5 Å². The van der Waals surface area contributed by atoms with E-state index in [2.05, 4.69) is 4.98 Å². The van der Waals surface area contributed by atoms with Crippen LogP contribution in [0.5, 0.6) is 11.5 Å². The van der Waals surface area contributed by atoms with E-state index in [0.29, 0.717) is 29.7 Å². The monoisotopic (exact) mass is 234 g/mol. The third-order valence-corrected chi connectivity index (χ3v) is 2.35. The zero-order valence-electron chi connectivity index (χ0n) is 9.77. The van der Waals surface area contributed by atoms with Crippen molar-refractivity contribution >= 4 is 0 Å². The molecule has 1 aromatic carbocycles. The van der Waals surface area contributed by atoms with Gasteiger partial charge in [-0.15, -0.1) is 0 Å². The second kappa shape index (κ2) is 4.88. The van der Waals surface area contributed by atoms with E-state index in [1.165, 1.54) is 0 Å². The van der Waals surface area contributed by atoms with E-state index in [-0.39, 0.29) is 0 Å². The molecule has 0 spiro atoms. The first-order valence-electron chi connectivity index (χ1n) is 5.15. The van der Waals surface area contributed by atoms with Crippen LogP contribution < -0.4 is 15.2 Å². The Kier molecular flexibility index (Phi) is 3.30. The molecule has 1 aromatic heterocycles. The van der Waals surface area contributed by atoms with Crippen molar-refractivity contribution in [1.82, 2.24) is 4.98 Å². The molecule has 1 heterocycles. The average molecular weight is 234 g/mol. The first kappa shape index (κ1) is 11.5. The summed E-state index contributed by atoms with van der Waals surface area (Å²) in [6.07, 6.45) is 1.61. The SMILES string of the molecule is COc1cc(OC)cc(-c2ncc(CN)o2)c1. The van der Waals surface area contributed by atoms with Gasteiger partial charge in [-0.05, 0) is 12.1 Å². The van der Waals surface area contributed by atoms with E-state index in [4.69, 9.17) is 19.6 Å². The summed E-state index contributed by atoms with van der Waals surface area (Å²) in [5.74, 6) is 2.52. The lowest BCUT2D eigenvalue weighted by atomic mass is 10.2. The second-order valence-corrected chi connectivity index (χ2v) is 3.44. The Bertz CT molecular complexity index is 486. The molecule has 0 atom stereocenters. The Morgan fingerprint density at radius 2 is 1.82 bits per heavy atom. The highest BCUT2D eigenvalue weighted by Gasteiger charge is 2.09. The zero-order chi connectivity index (χ0) is 12.3. The maximum Gasteiger partial charge on any atom is 0.226 e. The van der Waals surface area contributed by atoms with E-state index in [0.717, 1.165) is 5.56 Å². The maximum absolute atomic E-state index is 5.47. The molecule has 0 radical (unpaired) electrons. The molecule has 0 saturated heterocycles. The minimum Gasteiger partial charge on any atom is -0.497 e. The van der Waals surface area contributed by atoms with Gasteiger partial charge in [0.15, 0.2) is 0 Å². The summed E-state index contributed by atoms with van der Waals surface area (Å²) < 4.78 is 15.8. The van der Waals surface area contributed by atoms with Crippen LogP contribution >= 0.6 is 0 Å². The van der Waals surface area contributed by atoms with E-state index >= 15 is 0 Å². The summed E-state index contributed by atoms with van der Waals surface area (Å²) in [7, 11) is 3.19. The number of hydrogen-bond acceptors (Lipinski definition) is 5. The van der Waals surface area contributed by atoms with Gasteiger partial charge in [0.25, 0.3) is 0 Å². The zero-order valence-corrected chi connectivity index (χ0v) is 9.77. The molecule has 17 heavy (non-hydrogen) atoms. The van der Waals surface area contributed by atoms with E-state index in [1.807, 2.05) is 12.1 Å². The van der Waals surface area contributed by atoms with Gasteiger partial charge >= 0.3 is 0 Å². The summed E-state index contributed by atoms with van der Waals surface area (Å²) in [6, 6.07) is 5.44. The number of ether oxygens (including phenoxy) is 2. The van der Waals surface area contributed by atoms with Gasteiger partial charge in [0.05, 0.1) is 27.0 Å². The van der Waals surface area contributed by atoms with Gasteiger partial charge in [0.2, 0.25) is 5.89 Å². The second-order valence-electron chi connectivity index (χ2n) is 3.44. The highest BCUT2D eigenvalue weighted by Crippen LogP contribution is 2.29. The predicted molar refractivity (Wildman–Crippen MR) is 62.9 cm³/mol. The van der Waals surface area contributed by atoms with Crippen LogP contribution in [0.4, 0.5) is 0 Å². The molecule has 2 aromatic rings. The number of methoxy groups -OCH3 is 2. The number of oxazole rings is 1. The third-order valence-electron chi connectivity index (χ3n) is 2.35. The van der Waals surface area contributed by atoms with Gasteiger partial charge in [0.1, 0.15) is 17.3 Å². The highest BCUT2D eigenvalue weighted by molar-refractivity contribution is 5.59. The highest BCUT2D eigenvalue weighted by atomic mass is 16.5. The fraction of sp³-hybridized carbons (Fsp3) is 0.250. The standard InChI is InChI=1S/C12H14N2O3/c1-15-9-3-8(4-10(5-9)16-2)12-14-7-11(6-13)17-12/h3-5,7H,6,13H2,1-2H3. The lowest BCUT2D eigenvalue weighted by molar-refractivity contribution is 0.394. The van der Waals surface area contributed by atoms with Gasteiger partial charge in [-0.2, -0.15) is 0 Å². The minimum absolute atomic E-state index is 0.327. The molecule has 0 aliphatic heterocycles. The van der Waals surface area contributed by atoms with Crippen molar-refractivity contribution in [3.8, 4) is 23.0 Å². The molecular formula is C12H14N2O3. The summed E-state index contributed by atoms with van der Waals surface area (Å²) in [5, 5.41) is 0. The number of hydrogen-bond donors (Lipinski definition) is 1. The topological polar surface area (TPSA) is 70.5 Å². The van der Waals surface area contributed by atoms with Crippen LogP contribution in [-0.2, 0) is 6.54 Å². The predicted octanol–water partition coefficient (Wildman–Crippen LogP) is 1.82. The summed E-state index contributed by atoms with van der Waals surface area (Å²) in [5.41, 5.74) is 6.26.